The molecule has 5 rings (SSSR count). The first-order chi connectivity index (χ1) is 46.1. The highest BCUT2D eigenvalue weighted by atomic mass is 16.7. The van der Waals surface area contributed by atoms with Gasteiger partial charge in [0.05, 0.1) is 43.7 Å². The number of hydrogen-bond donors (Lipinski definition) is 7. The van der Waals surface area contributed by atoms with Crippen LogP contribution in [0.1, 0.15) is 132 Å². The Morgan fingerprint density at radius 1 is 0.402 bits per heavy atom. The summed E-state index contributed by atoms with van der Waals surface area (Å²) in [6, 6.07) is 8.43. The van der Waals surface area contributed by atoms with Gasteiger partial charge in [-0.05, 0) is 99.2 Å². The van der Waals surface area contributed by atoms with Gasteiger partial charge < -0.3 is 93.8 Å². The smallest absolute Gasteiger partial charge is 0.335 e. The van der Waals surface area contributed by atoms with Gasteiger partial charge in [0, 0.05) is 110 Å². The van der Waals surface area contributed by atoms with E-state index in [1.54, 1.807) is 0 Å². The summed E-state index contributed by atoms with van der Waals surface area (Å²) in [6.45, 7) is 21.6. The van der Waals surface area contributed by atoms with Crippen molar-refractivity contribution in [2.75, 3.05) is 85.5 Å². The molecule has 7 N–H and O–H groups in total. The second-order valence-corrected chi connectivity index (χ2v) is 25.0. The number of benzene rings is 2. The topological polar surface area (TPSA) is 374 Å². The Labute approximate surface area is 567 Å². The summed E-state index contributed by atoms with van der Waals surface area (Å²) in [5, 5.41) is 26.3. The molecule has 0 aromatic heterocycles. The van der Waals surface area contributed by atoms with Crippen LogP contribution in [-0.4, -0.2) is 205 Å². The number of nitrogens with one attached hydrogen (secondary N) is 6. The van der Waals surface area contributed by atoms with E-state index < -0.39 is 98.4 Å². The Morgan fingerprint density at radius 2 is 0.732 bits per heavy atom. The van der Waals surface area contributed by atoms with Crippen LogP contribution in [0.2, 0.25) is 0 Å². The predicted molar refractivity (Wildman–Crippen MR) is 348 cm³/mol. The molecule has 29 nitrogen and oxygen atoms in total. The van der Waals surface area contributed by atoms with Crippen LogP contribution in [0.25, 0.3) is 11.1 Å². The summed E-state index contributed by atoms with van der Waals surface area (Å²) in [7, 11) is 0. The van der Waals surface area contributed by atoms with Gasteiger partial charge in [-0.1, -0.05) is 41.5 Å². The van der Waals surface area contributed by atoms with Crippen molar-refractivity contribution in [2.24, 2.45) is 35.5 Å². The minimum absolute atomic E-state index is 0.00518. The van der Waals surface area contributed by atoms with Crippen molar-refractivity contribution >= 4 is 59.3 Å². The summed E-state index contributed by atoms with van der Waals surface area (Å²) >= 11 is 0. The Morgan fingerprint density at radius 3 is 1.11 bits per heavy atom. The van der Waals surface area contributed by atoms with Crippen LogP contribution in [-0.2, 0) is 85.8 Å². The van der Waals surface area contributed by atoms with E-state index in [0.29, 0.717) is 24.8 Å². The molecule has 0 aliphatic carbocycles. The lowest BCUT2D eigenvalue weighted by Gasteiger charge is -2.43. The standard InChI is InChI=1S/C68H102N6O23/c1-38-41(4)63(95-47(10)75)56(92-44(38)7)34-86-25-13-16-57(78)69-19-22-72-60(81)35-89-53-29-50(28-52(32-53)66(84)85)51-30-54(90-36-61(82)73-23-20-70-58(79)17-14-26-87-67-64(96-48(11)76)42(5)39(2)45(8)93-67)33-55(31-51)91-37-62(83)74-24-21-71-59(80)18-15-27-88-68-65(97-49(12)77)43(6)40(3)46(9)94-68/h28-33,38-46,56,63-65,67-68H,13-27,34-37H2,1-12H3,(H,69,78)(H,70,79)(H,71,80)(H,72,81)(H,73,82)(H,74,83)(H,84,85)/t38?,39?,40?,41-,42-,43-,44-,45-,46-,56?,63-,64-,65-,67?,68?/m0/s1. The van der Waals surface area contributed by atoms with E-state index in [2.05, 4.69) is 31.9 Å². The van der Waals surface area contributed by atoms with Gasteiger partial charge in [-0.25, -0.2) is 4.79 Å². The monoisotopic (exact) mass is 1370 g/mol. The number of amides is 6. The molecule has 3 aliphatic rings. The first kappa shape index (κ1) is 80.0. The third-order valence-corrected chi connectivity index (χ3v) is 17.6. The van der Waals surface area contributed by atoms with E-state index >= 15 is 0 Å². The van der Waals surface area contributed by atoms with Crippen molar-refractivity contribution < 1.29 is 110 Å². The highest BCUT2D eigenvalue weighted by Gasteiger charge is 2.45. The minimum atomic E-state index is -1.32. The summed E-state index contributed by atoms with van der Waals surface area (Å²) in [5.74, 6) is -4.54. The quantitative estimate of drug-likeness (QED) is 0.0280. The van der Waals surface area contributed by atoms with Gasteiger partial charge >= 0.3 is 23.9 Å². The fourth-order valence-corrected chi connectivity index (χ4v) is 11.2. The van der Waals surface area contributed by atoms with Gasteiger partial charge in [0.15, 0.2) is 44.6 Å². The van der Waals surface area contributed by atoms with Crippen LogP contribution in [0.3, 0.4) is 0 Å². The molecule has 542 valence electrons. The van der Waals surface area contributed by atoms with Crippen molar-refractivity contribution in [3.8, 4) is 28.4 Å². The Hall–Kier alpha value is -7.70. The maximum Gasteiger partial charge on any atom is 0.335 e. The molecule has 0 radical (unpaired) electrons. The Bertz CT molecular complexity index is 2820. The van der Waals surface area contributed by atoms with Gasteiger partial charge in [0.1, 0.15) is 29.5 Å². The molecule has 3 fully saturated rings. The van der Waals surface area contributed by atoms with Crippen LogP contribution in [0.15, 0.2) is 36.4 Å². The minimum Gasteiger partial charge on any atom is -0.484 e. The lowest BCUT2D eigenvalue weighted by atomic mass is 9.82. The molecule has 2 aromatic rings. The summed E-state index contributed by atoms with van der Waals surface area (Å²) < 4.78 is 69.8. The van der Waals surface area contributed by atoms with Gasteiger partial charge in [-0.3, -0.25) is 43.2 Å². The fraction of sp³-hybridized carbons (Fsp3) is 0.676. The number of carbonyl (C=O) groups excluding carboxylic acids is 9. The maximum atomic E-state index is 13.1. The molecule has 3 heterocycles. The van der Waals surface area contributed by atoms with Crippen LogP contribution in [0, 0.1) is 35.5 Å². The van der Waals surface area contributed by atoms with Crippen molar-refractivity contribution in [1.82, 2.24) is 31.9 Å². The van der Waals surface area contributed by atoms with E-state index in [9.17, 15) is 53.1 Å². The van der Waals surface area contributed by atoms with Gasteiger partial charge in [0.2, 0.25) is 17.7 Å². The van der Waals surface area contributed by atoms with Crippen molar-refractivity contribution in [2.45, 2.75) is 177 Å². The number of hydrogen-bond acceptors (Lipinski definition) is 22. The highest BCUT2D eigenvalue weighted by molar-refractivity contribution is 5.90. The lowest BCUT2D eigenvalue weighted by molar-refractivity contribution is -0.271. The van der Waals surface area contributed by atoms with Gasteiger partial charge in [0.25, 0.3) is 17.7 Å². The van der Waals surface area contributed by atoms with E-state index in [1.165, 1.54) is 57.2 Å². The third-order valence-electron chi connectivity index (χ3n) is 17.6. The lowest BCUT2D eigenvalue weighted by Crippen LogP contribution is -2.51. The Balaban J connectivity index is 1.11. The van der Waals surface area contributed by atoms with Crippen LogP contribution in [0.5, 0.6) is 17.2 Å². The summed E-state index contributed by atoms with van der Waals surface area (Å²) in [4.78, 5) is 125. The van der Waals surface area contributed by atoms with E-state index in [0.717, 1.165) is 0 Å². The molecule has 3 saturated heterocycles. The molecule has 15 atom stereocenters. The second-order valence-electron chi connectivity index (χ2n) is 25.0. The van der Waals surface area contributed by atoms with Gasteiger partial charge in [-0.15, -0.1) is 0 Å². The van der Waals surface area contributed by atoms with Crippen molar-refractivity contribution in [1.29, 1.82) is 0 Å². The number of carboxylic acid groups (broad SMARTS) is 1. The van der Waals surface area contributed by atoms with Crippen LogP contribution >= 0.6 is 0 Å². The van der Waals surface area contributed by atoms with E-state index in [1.807, 2.05) is 62.3 Å². The number of esters is 3. The number of rotatable bonds is 39. The molecule has 3 aliphatic heterocycles. The van der Waals surface area contributed by atoms with Crippen LogP contribution in [0.4, 0.5) is 0 Å². The molecule has 97 heavy (non-hydrogen) atoms. The average Bonchev–Trinajstić information content (AvgIpc) is 0.856. The zero-order valence-corrected chi connectivity index (χ0v) is 58.0. The molecule has 0 saturated carbocycles. The molecule has 0 bridgehead atoms. The summed E-state index contributed by atoms with van der Waals surface area (Å²) in [5.41, 5.74) is 0.332. The second kappa shape index (κ2) is 40.9. The zero-order valence-electron chi connectivity index (χ0n) is 58.0. The number of carbonyl (C=O) groups is 10. The molecule has 29 heteroatoms. The van der Waals surface area contributed by atoms with E-state index in [-0.39, 0.29) is 185 Å². The molecular formula is C68H102N6O23. The number of ether oxygens (including phenoxy) is 12. The molecule has 0 spiro atoms. The first-order valence-corrected chi connectivity index (χ1v) is 33.4. The molecule has 2 aromatic carbocycles. The molecule has 6 unspecified atom stereocenters. The van der Waals surface area contributed by atoms with Crippen molar-refractivity contribution in [3.63, 3.8) is 0 Å². The fourth-order valence-electron chi connectivity index (χ4n) is 11.2. The largest absolute Gasteiger partial charge is 0.484 e. The Kier molecular flexibility index (Phi) is 33.7. The predicted octanol–water partition coefficient (Wildman–Crippen LogP) is 4.16. The molecule has 6 amide bonds. The van der Waals surface area contributed by atoms with E-state index in [4.69, 9.17) is 56.8 Å². The van der Waals surface area contributed by atoms with Crippen molar-refractivity contribution in [3.05, 3.63) is 42.0 Å². The highest BCUT2D eigenvalue weighted by Crippen LogP contribution is 2.37. The average molecular weight is 1370 g/mol. The summed E-state index contributed by atoms with van der Waals surface area (Å²) in [6.07, 6.45) is -2.45. The first-order valence-electron chi connectivity index (χ1n) is 33.4. The molecular weight excluding hydrogens is 1270 g/mol. The van der Waals surface area contributed by atoms with Crippen LogP contribution < -0.4 is 46.1 Å². The van der Waals surface area contributed by atoms with Gasteiger partial charge in [-0.2, -0.15) is 0 Å². The number of carboxylic acids is 1. The number of aromatic carboxylic acids is 1. The maximum absolute atomic E-state index is 13.1. The SMILES string of the molecule is CC(=O)O[C@@H]1C(COCCCC(=O)NCCNC(=O)COc2cc(C(=O)O)cc(-c3cc(OCC(=O)NCCNC(=O)CCCOC4O[C@@H](C)C(C)[C@H](C)[C@@H]4OC(C)=O)cc(OCC(=O)NCCNC(=O)CCCOC4O[C@@H](C)C(C)[C@H](C)[C@@H]4OC(C)=O)c3)c2)O[C@@H](C)C(C)[C@@H]1C. The third kappa shape index (κ3) is 27.6. The normalized spacial score (nSPS) is 25.2. The zero-order chi connectivity index (χ0) is 71.3.